The summed E-state index contributed by atoms with van der Waals surface area (Å²) < 4.78 is 80.6. The van der Waals surface area contributed by atoms with Crippen LogP contribution in [0, 0.1) is 10.1 Å². The molecule has 2 aromatic carbocycles. The Labute approximate surface area is 184 Å². The van der Waals surface area contributed by atoms with Crippen LogP contribution in [0.3, 0.4) is 0 Å². The zero-order chi connectivity index (χ0) is 25.2. The third kappa shape index (κ3) is 4.95. The number of aldehydes is 1. The molecule has 0 fully saturated rings. The van der Waals surface area contributed by atoms with E-state index in [9.17, 15) is 46.4 Å². The molecule has 0 spiro atoms. The zero-order valence-electron chi connectivity index (χ0n) is 17.5. The van der Waals surface area contributed by atoms with Gasteiger partial charge in [-0.05, 0) is 24.6 Å². The number of nitro benzene ring substituents is 1. The number of halogens is 6. The molecule has 0 aromatic heterocycles. The normalized spacial score (nSPS) is 12.5. The van der Waals surface area contributed by atoms with Crippen molar-refractivity contribution in [3.63, 3.8) is 0 Å². The summed E-state index contributed by atoms with van der Waals surface area (Å²) in [6.07, 6.45) is -10.6. The van der Waals surface area contributed by atoms with Crippen LogP contribution in [-0.2, 0) is 5.60 Å². The molecule has 33 heavy (non-hydrogen) atoms. The van der Waals surface area contributed by atoms with E-state index in [1.807, 2.05) is 6.92 Å². The van der Waals surface area contributed by atoms with Gasteiger partial charge in [-0.2, -0.15) is 26.3 Å². The first-order chi connectivity index (χ1) is 15.2. The molecule has 0 radical (unpaired) electrons. The molecule has 0 saturated heterocycles. The number of non-ortho nitro benzene ring substituents is 1. The van der Waals surface area contributed by atoms with Crippen molar-refractivity contribution in [1.29, 1.82) is 0 Å². The molecule has 0 aliphatic carbocycles. The van der Waals surface area contributed by atoms with Gasteiger partial charge in [-0.1, -0.05) is 19.4 Å². The van der Waals surface area contributed by atoms with Crippen molar-refractivity contribution in [2.24, 2.45) is 0 Å². The number of rotatable bonds is 8. The molecule has 6 nitrogen and oxygen atoms in total. The van der Waals surface area contributed by atoms with Crippen LogP contribution in [-0.4, -0.2) is 42.3 Å². The fraction of sp³-hybridized carbons (Fsp3) is 0.381. The standard InChI is InChI=1S/C21H20F6N2O4/c1-3-4-9-28(2)18-8-6-14(19(31,20(22,23)24)21(25,26)27)10-17(18)16-11-15(29(32)33)7-5-13(16)12-30/h5-8,10-12,31H,3-4,9H2,1-2H3. The van der Waals surface area contributed by atoms with Crippen molar-refractivity contribution in [2.45, 2.75) is 37.7 Å². The van der Waals surface area contributed by atoms with Gasteiger partial charge in [0.15, 0.2) is 6.29 Å². The van der Waals surface area contributed by atoms with Crippen LogP contribution in [0.4, 0.5) is 37.7 Å². The molecule has 0 unspecified atom stereocenters. The molecule has 2 aromatic rings. The molecule has 0 bridgehead atoms. The number of anilines is 1. The predicted molar refractivity (Wildman–Crippen MR) is 108 cm³/mol. The smallest absolute Gasteiger partial charge is 0.374 e. The van der Waals surface area contributed by atoms with Crippen molar-refractivity contribution < 1.29 is 41.2 Å². The van der Waals surface area contributed by atoms with Crippen molar-refractivity contribution in [1.82, 2.24) is 0 Å². The first kappa shape index (κ1) is 26.1. The van der Waals surface area contributed by atoms with Gasteiger partial charge in [0.1, 0.15) is 0 Å². The first-order valence-corrected chi connectivity index (χ1v) is 9.64. The second-order valence-electron chi connectivity index (χ2n) is 7.36. The molecule has 0 saturated carbocycles. The van der Waals surface area contributed by atoms with E-state index in [0.29, 0.717) is 25.1 Å². The van der Waals surface area contributed by atoms with Gasteiger partial charge in [-0.3, -0.25) is 14.9 Å². The lowest BCUT2D eigenvalue weighted by atomic mass is 9.87. The highest BCUT2D eigenvalue weighted by Crippen LogP contribution is 2.51. The maximum Gasteiger partial charge on any atom is 0.430 e. The van der Waals surface area contributed by atoms with Crippen LogP contribution in [0.1, 0.15) is 35.7 Å². The highest BCUT2D eigenvalue weighted by molar-refractivity contribution is 5.93. The van der Waals surface area contributed by atoms with E-state index in [1.54, 1.807) is 0 Å². The lowest BCUT2D eigenvalue weighted by Crippen LogP contribution is -2.53. The van der Waals surface area contributed by atoms with Crippen molar-refractivity contribution in [2.75, 3.05) is 18.5 Å². The van der Waals surface area contributed by atoms with E-state index in [0.717, 1.165) is 30.7 Å². The Morgan fingerprint density at radius 3 is 2.12 bits per heavy atom. The minimum absolute atomic E-state index is 0.127. The second kappa shape index (κ2) is 9.38. The van der Waals surface area contributed by atoms with Gasteiger partial charge in [0, 0.05) is 53.7 Å². The van der Waals surface area contributed by atoms with E-state index in [1.165, 1.54) is 11.9 Å². The number of benzene rings is 2. The van der Waals surface area contributed by atoms with E-state index >= 15 is 0 Å². The molecular formula is C21H20F6N2O4. The minimum Gasteiger partial charge on any atom is -0.374 e. The highest BCUT2D eigenvalue weighted by Gasteiger charge is 2.71. The number of carbonyl (C=O) groups excluding carboxylic acids is 1. The van der Waals surface area contributed by atoms with E-state index < -0.39 is 34.1 Å². The maximum atomic E-state index is 13.4. The van der Waals surface area contributed by atoms with Gasteiger partial charge in [-0.25, -0.2) is 0 Å². The summed E-state index contributed by atoms with van der Waals surface area (Å²) in [7, 11) is 1.53. The molecule has 0 aliphatic heterocycles. The van der Waals surface area contributed by atoms with Crippen molar-refractivity contribution >= 4 is 17.7 Å². The SMILES string of the molecule is CCCCN(C)c1ccc(C(O)(C(F)(F)F)C(F)(F)F)cc1-c1cc([N+](=O)[O-])ccc1C=O. The van der Waals surface area contributed by atoms with Crippen LogP contribution in [0.15, 0.2) is 36.4 Å². The highest BCUT2D eigenvalue weighted by atomic mass is 19.4. The Hall–Kier alpha value is -3.15. The quantitative estimate of drug-likeness (QED) is 0.230. The number of nitro groups is 1. The van der Waals surface area contributed by atoms with Gasteiger partial charge < -0.3 is 10.0 Å². The minimum atomic E-state index is -6.12. The number of nitrogens with zero attached hydrogens (tertiary/aromatic N) is 2. The van der Waals surface area contributed by atoms with E-state index in [2.05, 4.69) is 0 Å². The summed E-state index contributed by atoms with van der Waals surface area (Å²) in [6.45, 7) is 2.23. The second-order valence-corrected chi connectivity index (χ2v) is 7.36. The molecule has 0 aliphatic rings. The number of hydrogen-bond acceptors (Lipinski definition) is 5. The Kier molecular flexibility index (Phi) is 7.42. The summed E-state index contributed by atoms with van der Waals surface area (Å²) in [5.74, 6) is 0. The fourth-order valence-corrected chi connectivity index (χ4v) is 3.31. The van der Waals surface area contributed by atoms with Gasteiger partial charge in [-0.15, -0.1) is 0 Å². The third-order valence-electron chi connectivity index (χ3n) is 5.16. The maximum absolute atomic E-state index is 13.4. The number of alkyl halides is 6. The van der Waals surface area contributed by atoms with Gasteiger partial charge in [0.25, 0.3) is 11.3 Å². The average molecular weight is 478 g/mol. The average Bonchev–Trinajstić information content (AvgIpc) is 2.74. The number of aliphatic hydroxyl groups is 1. The Bertz CT molecular complexity index is 1020. The summed E-state index contributed by atoms with van der Waals surface area (Å²) in [5, 5.41) is 21.0. The van der Waals surface area contributed by atoms with Crippen molar-refractivity contribution in [3.05, 3.63) is 57.6 Å². The largest absolute Gasteiger partial charge is 0.430 e. The molecular weight excluding hydrogens is 458 g/mol. The van der Waals surface area contributed by atoms with Gasteiger partial charge in [0.05, 0.1) is 4.92 Å². The summed E-state index contributed by atoms with van der Waals surface area (Å²) in [5.41, 5.74) is -7.86. The first-order valence-electron chi connectivity index (χ1n) is 9.64. The van der Waals surface area contributed by atoms with Crippen LogP contribution < -0.4 is 4.90 Å². The Morgan fingerprint density at radius 2 is 1.64 bits per heavy atom. The third-order valence-corrected chi connectivity index (χ3v) is 5.16. The molecule has 12 heteroatoms. The molecule has 0 amide bonds. The van der Waals surface area contributed by atoms with E-state index in [4.69, 9.17) is 0 Å². The van der Waals surface area contributed by atoms with Gasteiger partial charge >= 0.3 is 12.4 Å². The molecule has 0 atom stereocenters. The number of hydrogen-bond donors (Lipinski definition) is 1. The summed E-state index contributed by atoms with van der Waals surface area (Å²) >= 11 is 0. The van der Waals surface area contributed by atoms with Crippen LogP contribution in [0.25, 0.3) is 11.1 Å². The van der Waals surface area contributed by atoms with Crippen LogP contribution in [0.5, 0.6) is 0 Å². The Balaban J connectivity index is 2.91. The lowest BCUT2D eigenvalue weighted by Gasteiger charge is -2.33. The molecule has 180 valence electrons. The monoisotopic (exact) mass is 478 g/mol. The lowest BCUT2D eigenvalue weighted by molar-refractivity contribution is -0.384. The number of unbranched alkanes of at least 4 members (excludes halogenated alkanes) is 1. The summed E-state index contributed by atoms with van der Waals surface area (Å²) in [4.78, 5) is 23.5. The van der Waals surface area contributed by atoms with E-state index in [-0.39, 0.29) is 28.7 Å². The van der Waals surface area contributed by atoms with Crippen molar-refractivity contribution in [3.8, 4) is 11.1 Å². The molecule has 0 heterocycles. The van der Waals surface area contributed by atoms with Crippen LogP contribution in [0.2, 0.25) is 0 Å². The fourth-order valence-electron chi connectivity index (χ4n) is 3.31. The van der Waals surface area contributed by atoms with Crippen LogP contribution >= 0.6 is 0 Å². The summed E-state index contributed by atoms with van der Waals surface area (Å²) in [6, 6.07) is 4.84. The van der Waals surface area contributed by atoms with Gasteiger partial charge in [0.2, 0.25) is 0 Å². The predicted octanol–water partition coefficient (Wildman–Crippen LogP) is 5.62. The number of carbonyl (C=O) groups is 1. The molecule has 2 rings (SSSR count). The zero-order valence-corrected chi connectivity index (χ0v) is 17.5. The molecule has 1 N–H and O–H groups in total. The Morgan fingerprint density at radius 1 is 1.03 bits per heavy atom. The topological polar surface area (TPSA) is 83.7 Å².